The number of rotatable bonds is 3. The fourth-order valence-electron chi connectivity index (χ4n) is 4.37. The molecule has 30 heavy (non-hydrogen) atoms. The van der Waals surface area contributed by atoms with E-state index in [0.29, 0.717) is 37.6 Å². The molecule has 0 saturated carbocycles. The van der Waals surface area contributed by atoms with Crippen LogP contribution in [0.15, 0.2) is 29.5 Å². The lowest BCUT2D eigenvalue weighted by molar-refractivity contribution is 0.0774. The molecule has 2 aliphatic rings. The molecular weight excluding hydrogens is 386 g/mol. The van der Waals surface area contributed by atoms with Crippen LogP contribution < -0.4 is 5.56 Å². The third-order valence-electron chi connectivity index (χ3n) is 6.04. The first-order valence-electron chi connectivity index (χ1n) is 10.2. The molecule has 1 N–H and O–H groups in total. The number of carbonyl (C=O) groups excluding carboxylic acids is 1. The van der Waals surface area contributed by atoms with Gasteiger partial charge in [-0.05, 0) is 24.8 Å². The van der Waals surface area contributed by atoms with Crippen molar-refractivity contribution in [3.8, 4) is 0 Å². The Kier molecular flexibility index (Phi) is 4.78. The number of ether oxygens (including phenoxy) is 1. The minimum atomic E-state index is -0.214. The highest BCUT2D eigenvalue weighted by atomic mass is 16.5. The van der Waals surface area contributed by atoms with Gasteiger partial charge in [0.15, 0.2) is 5.52 Å². The van der Waals surface area contributed by atoms with Crippen molar-refractivity contribution in [2.45, 2.75) is 31.6 Å². The molecule has 0 bridgehead atoms. The molecule has 0 aromatic carbocycles. The van der Waals surface area contributed by atoms with Crippen LogP contribution in [0.1, 0.15) is 53.9 Å². The van der Waals surface area contributed by atoms with Crippen LogP contribution in [0, 0.1) is 5.92 Å². The molecule has 0 spiro atoms. The quantitative estimate of drug-likeness (QED) is 0.685. The number of amides is 1. The van der Waals surface area contributed by atoms with Gasteiger partial charge in [0.25, 0.3) is 11.5 Å². The predicted octanol–water partition coefficient (Wildman–Crippen LogP) is 0.977. The lowest BCUT2D eigenvalue weighted by Crippen LogP contribution is -2.30. The Morgan fingerprint density at radius 2 is 1.93 bits per heavy atom. The van der Waals surface area contributed by atoms with E-state index in [2.05, 4.69) is 26.9 Å². The van der Waals surface area contributed by atoms with Crippen LogP contribution in [0.2, 0.25) is 0 Å². The number of nitrogens with one attached hydrogen (secondary N) is 1. The summed E-state index contributed by atoms with van der Waals surface area (Å²) in [6.45, 7) is 4.44. The van der Waals surface area contributed by atoms with Crippen LogP contribution in [-0.4, -0.2) is 66.7 Å². The third kappa shape index (κ3) is 3.26. The number of fused-ring (bicyclic) bond motifs is 1. The Morgan fingerprint density at radius 1 is 1.17 bits per heavy atom. The molecule has 2 saturated heterocycles. The summed E-state index contributed by atoms with van der Waals surface area (Å²) in [6, 6.07) is 1.68. The summed E-state index contributed by atoms with van der Waals surface area (Å²) >= 11 is 0. The zero-order chi connectivity index (χ0) is 20.7. The molecule has 10 nitrogen and oxygen atoms in total. The summed E-state index contributed by atoms with van der Waals surface area (Å²) in [5.41, 5.74) is 0.227. The lowest BCUT2D eigenvalue weighted by atomic mass is 9.97. The Bertz CT molecular complexity index is 1120. The summed E-state index contributed by atoms with van der Waals surface area (Å²) in [4.78, 5) is 42.7. The molecule has 3 aromatic rings. The summed E-state index contributed by atoms with van der Waals surface area (Å²) in [7, 11) is 0. The lowest BCUT2D eigenvalue weighted by Gasteiger charge is -2.21. The van der Waals surface area contributed by atoms with E-state index in [0.717, 1.165) is 18.7 Å². The number of aromatic nitrogens is 6. The zero-order valence-corrected chi connectivity index (χ0v) is 16.7. The summed E-state index contributed by atoms with van der Waals surface area (Å²) in [5.74, 6) is 1.62. The van der Waals surface area contributed by atoms with Crippen molar-refractivity contribution in [3.05, 3.63) is 52.5 Å². The molecule has 2 atom stereocenters. The van der Waals surface area contributed by atoms with Crippen molar-refractivity contribution in [2.75, 3.05) is 26.3 Å². The Hall–Kier alpha value is -3.14. The fraction of sp³-hybridized carbons (Fsp3) is 0.500. The van der Waals surface area contributed by atoms with E-state index in [1.807, 2.05) is 0 Å². The van der Waals surface area contributed by atoms with Gasteiger partial charge in [0, 0.05) is 50.5 Å². The molecule has 0 aliphatic carbocycles. The van der Waals surface area contributed by atoms with E-state index in [1.165, 1.54) is 0 Å². The van der Waals surface area contributed by atoms with Crippen LogP contribution in [-0.2, 0) is 4.74 Å². The summed E-state index contributed by atoms with van der Waals surface area (Å²) in [6.07, 6.45) is 6.42. The molecule has 0 radical (unpaired) electrons. The smallest absolute Gasteiger partial charge is 0.291 e. The number of hydrogen-bond acceptors (Lipinski definition) is 7. The van der Waals surface area contributed by atoms with Crippen LogP contribution in [0.4, 0.5) is 0 Å². The Morgan fingerprint density at radius 3 is 2.70 bits per heavy atom. The number of likely N-dealkylation sites (tertiary alicyclic amines) is 1. The first-order valence-corrected chi connectivity index (χ1v) is 10.2. The van der Waals surface area contributed by atoms with Crippen LogP contribution in [0.5, 0.6) is 0 Å². The van der Waals surface area contributed by atoms with Gasteiger partial charge in [-0.25, -0.2) is 19.5 Å². The monoisotopic (exact) mass is 409 g/mol. The van der Waals surface area contributed by atoms with Crippen molar-refractivity contribution in [1.29, 1.82) is 0 Å². The van der Waals surface area contributed by atoms with E-state index in [-0.39, 0.29) is 35.0 Å². The summed E-state index contributed by atoms with van der Waals surface area (Å²) < 4.78 is 7.13. The second-order valence-electron chi connectivity index (χ2n) is 8.01. The van der Waals surface area contributed by atoms with Gasteiger partial charge in [-0.1, -0.05) is 6.92 Å². The number of H-pyrrole nitrogens is 1. The number of hydrogen-bond donors (Lipinski definition) is 1. The molecule has 5 heterocycles. The van der Waals surface area contributed by atoms with Gasteiger partial charge in [0.2, 0.25) is 5.82 Å². The van der Waals surface area contributed by atoms with Gasteiger partial charge in [-0.2, -0.15) is 5.10 Å². The van der Waals surface area contributed by atoms with E-state index in [9.17, 15) is 9.59 Å². The number of imidazole rings is 1. The highest BCUT2D eigenvalue weighted by Gasteiger charge is 2.36. The van der Waals surface area contributed by atoms with Gasteiger partial charge < -0.3 is 14.6 Å². The maximum absolute atomic E-state index is 12.7. The molecule has 1 amide bonds. The molecule has 5 rings (SSSR count). The second-order valence-corrected chi connectivity index (χ2v) is 8.01. The molecular formula is C20H23N7O3. The van der Waals surface area contributed by atoms with Crippen molar-refractivity contribution in [2.24, 2.45) is 5.92 Å². The van der Waals surface area contributed by atoms with E-state index >= 15 is 0 Å². The van der Waals surface area contributed by atoms with Crippen molar-refractivity contribution < 1.29 is 9.53 Å². The van der Waals surface area contributed by atoms with Crippen LogP contribution >= 0.6 is 0 Å². The summed E-state index contributed by atoms with van der Waals surface area (Å²) in [5, 5.41) is 4.76. The fourth-order valence-corrected chi connectivity index (χ4v) is 4.37. The molecule has 2 aliphatic heterocycles. The first-order chi connectivity index (χ1) is 14.6. The molecule has 2 unspecified atom stereocenters. The topological polar surface area (TPSA) is 118 Å². The molecule has 3 aromatic heterocycles. The maximum atomic E-state index is 12.7. The highest BCUT2D eigenvalue weighted by Crippen LogP contribution is 2.31. The maximum Gasteiger partial charge on any atom is 0.291 e. The standard InChI is InChI=1S/C20H23N7O3/c1-12-10-26(20(29)17-21-5-2-6-22-17)11-14(12)16-24-19(28)15-9-23-18(27(15)25-16)13-3-7-30-8-4-13/h2,5-6,9,12-14H,3-4,7-8,10-11H2,1H3,(H,24,25,28). The van der Waals surface area contributed by atoms with Gasteiger partial charge >= 0.3 is 0 Å². The van der Waals surface area contributed by atoms with Crippen LogP contribution in [0.25, 0.3) is 5.52 Å². The van der Waals surface area contributed by atoms with Crippen molar-refractivity contribution >= 4 is 11.4 Å². The van der Waals surface area contributed by atoms with Gasteiger partial charge in [-0.3, -0.25) is 9.59 Å². The SMILES string of the molecule is CC1CN(C(=O)c2ncccn2)CC1c1nn2c(C3CCOCC3)ncc2c(=O)[nH]1. The minimum absolute atomic E-state index is 0.0836. The Labute approximate surface area is 172 Å². The minimum Gasteiger partial charge on any atom is -0.381 e. The van der Waals surface area contributed by atoms with Gasteiger partial charge in [0.05, 0.1) is 6.20 Å². The molecule has 2 fully saturated rings. The molecule has 10 heteroatoms. The first kappa shape index (κ1) is 18.9. The zero-order valence-electron chi connectivity index (χ0n) is 16.7. The molecule has 156 valence electrons. The second kappa shape index (κ2) is 7.60. The van der Waals surface area contributed by atoms with E-state index < -0.39 is 0 Å². The van der Waals surface area contributed by atoms with Gasteiger partial charge in [0.1, 0.15) is 11.6 Å². The third-order valence-corrected chi connectivity index (χ3v) is 6.04. The van der Waals surface area contributed by atoms with Crippen LogP contribution in [0.3, 0.4) is 0 Å². The van der Waals surface area contributed by atoms with Gasteiger partial charge in [-0.15, -0.1) is 0 Å². The number of nitrogens with zero attached hydrogens (tertiary/aromatic N) is 6. The van der Waals surface area contributed by atoms with E-state index in [4.69, 9.17) is 9.84 Å². The average Bonchev–Trinajstić information content (AvgIpc) is 3.38. The average molecular weight is 409 g/mol. The normalized spacial score (nSPS) is 22.6. The van der Waals surface area contributed by atoms with E-state index in [1.54, 1.807) is 34.1 Å². The number of aromatic amines is 1. The number of carbonyl (C=O) groups is 1. The van der Waals surface area contributed by atoms with Crippen molar-refractivity contribution in [1.82, 2.24) is 34.4 Å². The Balaban J connectivity index is 1.45. The largest absolute Gasteiger partial charge is 0.381 e. The highest BCUT2D eigenvalue weighted by molar-refractivity contribution is 5.90. The van der Waals surface area contributed by atoms with Crippen molar-refractivity contribution in [3.63, 3.8) is 0 Å². The predicted molar refractivity (Wildman–Crippen MR) is 106 cm³/mol.